The van der Waals surface area contributed by atoms with Gasteiger partial charge in [0.2, 0.25) is 0 Å². The minimum atomic E-state index is -0.833. The average molecular weight is 468 g/mol. The molecule has 5 N–H and O–H groups in total. The molecule has 0 aliphatic heterocycles. The third kappa shape index (κ3) is 8.75. The summed E-state index contributed by atoms with van der Waals surface area (Å²) >= 11 is 0. The zero-order valence-corrected chi connectivity index (χ0v) is 19.5. The lowest BCUT2D eigenvalue weighted by Crippen LogP contribution is -2.27. The van der Waals surface area contributed by atoms with Crippen LogP contribution in [0.25, 0.3) is 0 Å². The second-order valence-corrected chi connectivity index (χ2v) is 6.69. The van der Waals surface area contributed by atoms with Crippen LogP contribution in [0.4, 0.5) is 17.1 Å². The molecular formula is C24H29N5O5. The Labute approximate surface area is 197 Å². The Balaban J connectivity index is 0.00000281. The van der Waals surface area contributed by atoms with Crippen molar-refractivity contribution in [1.82, 2.24) is 0 Å². The summed E-state index contributed by atoms with van der Waals surface area (Å²) in [6.45, 7) is 6.46. The molecule has 0 aliphatic rings. The van der Waals surface area contributed by atoms with Gasteiger partial charge in [-0.05, 0) is 55.3 Å². The lowest BCUT2D eigenvalue weighted by Gasteiger charge is -2.08. The average Bonchev–Trinajstić information content (AvgIpc) is 2.82. The first kappa shape index (κ1) is 27.9. The molecule has 2 amide bonds. The maximum atomic E-state index is 12.5. The van der Waals surface area contributed by atoms with Gasteiger partial charge in [-0.1, -0.05) is 26.0 Å². The number of benzene rings is 2. The molecule has 0 atom stereocenters. The number of anilines is 2. The predicted octanol–water partition coefficient (Wildman–Crippen LogP) is 4.31. The molecule has 2 aromatic rings. The fourth-order valence-electron chi connectivity index (χ4n) is 2.43. The van der Waals surface area contributed by atoms with Crippen LogP contribution < -0.4 is 10.6 Å². The highest BCUT2D eigenvalue weighted by atomic mass is 16.3. The van der Waals surface area contributed by atoms with Gasteiger partial charge in [-0.3, -0.25) is 19.8 Å². The number of amides is 2. The van der Waals surface area contributed by atoms with Gasteiger partial charge in [0.25, 0.3) is 11.8 Å². The number of aliphatic hydroxyl groups is 2. The number of nitrogens with one attached hydrogen (secondary N) is 3. The molecule has 0 heterocycles. The van der Waals surface area contributed by atoms with Crippen molar-refractivity contribution in [2.45, 2.75) is 34.1 Å². The van der Waals surface area contributed by atoms with Crippen molar-refractivity contribution >= 4 is 40.4 Å². The van der Waals surface area contributed by atoms with Crippen LogP contribution in [-0.2, 0) is 20.8 Å². The maximum absolute atomic E-state index is 12.5. The summed E-state index contributed by atoms with van der Waals surface area (Å²) in [6, 6.07) is 12.8. The second-order valence-electron chi connectivity index (χ2n) is 6.69. The van der Waals surface area contributed by atoms with Gasteiger partial charge in [-0.2, -0.15) is 5.11 Å². The van der Waals surface area contributed by atoms with Crippen LogP contribution in [0.2, 0.25) is 0 Å². The maximum Gasteiger partial charge on any atom is 0.279 e. The Morgan fingerprint density at radius 2 is 1.38 bits per heavy atom. The Morgan fingerprint density at radius 3 is 1.82 bits per heavy atom. The molecule has 0 unspecified atom stereocenters. The minimum Gasteiger partial charge on any atom is -0.510 e. The van der Waals surface area contributed by atoms with E-state index >= 15 is 0 Å². The van der Waals surface area contributed by atoms with Crippen LogP contribution in [0.15, 0.2) is 70.2 Å². The number of Topliss-reactive ketones (excluding diaryl/α,β-unsaturated/α-hetero) is 1. The molecule has 0 spiro atoms. The summed E-state index contributed by atoms with van der Waals surface area (Å²) in [5.74, 6) is -2.50. The fraction of sp³-hybridized carbons (Fsp3) is 0.250. The van der Waals surface area contributed by atoms with Gasteiger partial charge in [-0.25, -0.2) is 0 Å². The first-order valence-corrected chi connectivity index (χ1v) is 10.5. The molecule has 2 aromatic carbocycles. The second kappa shape index (κ2) is 14.1. The summed E-state index contributed by atoms with van der Waals surface area (Å²) < 4.78 is 0. The summed E-state index contributed by atoms with van der Waals surface area (Å²) in [5.41, 5.74) is 1.14. The summed E-state index contributed by atoms with van der Waals surface area (Å²) in [7, 11) is 0. The molecule has 180 valence electrons. The van der Waals surface area contributed by atoms with Gasteiger partial charge in [-0.15, -0.1) is 5.11 Å². The first-order chi connectivity index (χ1) is 16.2. The van der Waals surface area contributed by atoms with Crippen molar-refractivity contribution in [3.05, 3.63) is 65.6 Å². The van der Waals surface area contributed by atoms with E-state index in [1.54, 1.807) is 24.3 Å². The molecule has 0 bridgehead atoms. The predicted molar refractivity (Wildman–Crippen MR) is 131 cm³/mol. The van der Waals surface area contributed by atoms with Gasteiger partial charge in [0.15, 0.2) is 17.2 Å². The van der Waals surface area contributed by atoms with E-state index in [1.165, 1.54) is 31.2 Å². The van der Waals surface area contributed by atoms with Crippen LogP contribution in [0.1, 0.15) is 33.3 Å². The van der Waals surface area contributed by atoms with E-state index in [9.17, 15) is 19.5 Å². The lowest BCUT2D eigenvalue weighted by atomic mass is 10.1. The third-order valence-corrected chi connectivity index (χ3v) is 4.14. The summed E-state index contributed by atoms with van der Waals surface area (Å²) in [6.07, 6.45) is 0.516. The molecule has 0 aliphatic carbocycles. The number of azo groups is 1. The van der Waals surface area contributed by atoms with Gasteiger partial charge >= 0.3 is 0 Å². The lowest BCUT2D eigenvalue weighted by molar-refractivity contribution is -0.115. The van der Waals surface area contributed by atoms with Gasteiger partial charge in [0, 0.05) is 24.9 Å². The smallest absolute Gasteiger partial charge is 0.279 e. The van der Waals surface area contributed by atoms with Crippen molar-refractivity contribution < 1.29 is 24.6 Å². The fourth-order valence-corrected chi connectivity index (χ4v) is 2.43. The van der Waals surface area contributed by atoms with E-state index in [-0.39, 0.29) is 18.1 Å². The van der Waals surface area contributed by atoms with Crippen molar-refractivity contribution in [2.24, 2.45) is 10.2 Å². The standard InChI is InChI=1S/C22H23N5O5.C2H6/c1-13(29)19(23)21(31)24-16-7-9-17(10-8-16)25-22(32)20(14(2)30)27-26-18-5-3-15(4-6-18)11-12-28;1-2/h3-10,23,28,30H,11-12H2,1-2H3,(H,24,31)(H,25,32);1-2H3/b20-14+,23-19?,27-26?;. The van der Waals surface area contributed by atoms with E-state index in [4.69, 9.17) is 10.5 Å². The monoisotopic (exact) mass is 467 g/mol. The van der Waals surface area contributed by atoms with E-state index in [1.807, 2.05) is 13.8 Å². The molecule has 10 heteroatoms. The van der Waals surface area contributed by atoms with Gasteiger partial charge in [0.1, 0.15) is 5.76 Å². The van der Waals surface area contributed by atoms with Crippen molar-refractivity contribution in [3.63, 3.8) is 0 Å². The van der Waals surface area contributed by atoms with Crippen LogP contribution in [-0.4, -0.2) is 40.1 Å². The van der Waals surface area contributed by atoms with Crippen molar-refractivity contribution in [1.29, 1.82) is 5.41 Å². The van der Waals surface area contributed by atoms with E-state index < -0.39 is 23.3 Å². The summed E-state index contributed by atoms with van der Waals surface area (Å²) in [4.78, 5) is 35.3. The number of rotatable bonds is 9. The molecule has 0 fully saturated rings. The molecular weight excluding hydrogens is 438 g/mol. The van der Waals surface area contributed by atoms with E-state index in [2.05, 4.69) is 20.9 Å². The molecule has 10 nitrogen and oxygen atoms in total. The molecule has 0 aromatic heterocycles. The number of allylic oxidation sites excluding steroid dienone is 1. The zero-order valence-electron chi connectivity index (χ0n) is 19.5. The largest absolute Gasteiger partial charge is 0.510 e. The molecule has 2 rings (SSSR count). The highest BCUT2D eigenvalue weighted by Gasteiger charge is 2.15. The number of hydrogen-bond donors (Lipinski definition) is 5. The van der Waals surface area contributed by atoms with Crippen LogP contribution in [0.3, 0.4) is 0 Å². The Bertz CT molecular complexity index is 1070. The number of hydrogen-bond acceptors (Lipinski definition) is 8. The quantitative estimate of drug-likeness (QED) is 0.122. The van der Waals surface area contributed by atoms with Crippen molar-refractivity contribution in [2.75, 3.05) is 17.2 Å². The number of nitrogens with zero attached hydrogens (tertiary/aromatic N) is 2. The topological polar surface area (TPSA) is 164 Å². The summed E-state index contributed by atoms with van der Waals surface area (Å²) in [5, 5.41) is 38.9. The molecule has 34 heavy (non-hydrogen) atoms. The molecule has 0 saturated heterocycles. The Hall–Kier alpha value is -4.18. The number of aliphatic hydroxyl groups excluding tert-OH is 2. The van der Waals surface area contributed by atoms with Crippen LogP contribution in [0.5, 0.6) is 0 Å². The van der Waals surface area contributed by atoms with Crippen LogP contribution >= 0.6 is 0 Å². The van der Waals surface area contributed by atoms with Crippen molar-refractivity contribution in [3.8, 4) is 0 Å². The Morgan fingerprint density at radius 1 is 0.882 bits per heavy atom. The number of carbonyl (C=O) groups excluding carboxylic acids is 3. The number of ketones is 1. The van der Waals surface area contributed by atoms with E-state index in [0.717, 1.165) is 12.5 Å². The number of carbonyl (C=O) groups is 3. The molecule has 0 radical (unpaired) electrons. The third-order valence-electron chi connectivity index (χ3n) is 4.14. The highest BCUT2D eigenvalue weighted by molar-refractivity contribution is 6.66. The first-order valence-electron chi connectivity index (χ1n) is 10.5. The van der Waals surface area contributed by atoms with Gasteiger partial charge < -0.3 is 20.8 Å². The van der Waals surface area contributed by atoms with E-state index in [0.29, 0.717) is 23.5 Å². The zero-order chi connectivity index (χ0) is 25.7. The Kier molecular flexibility index (Phi) is 11.5. The molecule has 0 saturated carbocycles. The highest BCUT2D eigenvalue weighted by Crippen LogP contribution is 2.19. The minimum absolute atomic E-state index is 0.0348. The van der Waals surface area contributed by atoms with Crippen LogP contribution in [0, 0.1) is 5.41 Å². The normalized spacial score (nSPS) is 11.1. The van der Waals surface area contributed by atoms with Gasteiger partial charge in [0.05, 0.1) is 5.69 Å². The SMILES string of the molecule is CC.CC(=O)C(=N)C(=O)Nc1ccc(NC(=O)/C(N=Nc2ccc(CCO)cc2)=C(/C)O)cc1.